The Labute approximate surface area is 103 Å². The quantitative estimate of drug-likeness (QED) is 0.688. The number of benzene rings is 1. The van der Waals surface area contributed by atoms with E-state index >= 15 is 0 Å². The minimum absolute atomic E-state index is 0.0994. The lowest BCUT2D eigenvalue weighted by Crippen LogP contribution is -2.36. The molecule has 0 heterocycles. The summed E-state index contributed by atoms with van der Waals surface area (Å²) in [4.78, 5) is 11.4. The first kappa shape index (κ1) is 13.7. The summed E-state index contributed by atoms with van der Waals surface area (Å²) in [6.45, 7) is 6.15. The van der Waals surface area contributed by atoms with Crippen molar-refractivity contribution in [3.05, 3.63) is 34.4 Å². The van der Waals surface area contributed by atoms with Crippen LogP contribution >= 0.6 is 0 Å². The monoisotopic (exact) mass is 235 g/mol. The van der Waals surface area contributed by atoms with E-state index in [9.17, 15) is 4.79 Å². The molecule has 1 aromatic carbocycles. The standard InChI is InChI=1S/C13H21N3O/c1-8-5-10(3)11(6-9(8)2)12(14)7-13(17)16-15-4/h5-6,12,15H,7,14H2,1-4H3,(H,16,17). The predicted molar refractivity (Wildman–Crippen MR) is 69.4 cm³/mol. The van der Waals surface area contributed by atoms with Crippen LogP contribution in [0.2, 0.25) is 0 Å². The lowest BCUT2D eigenvalue weighted by molar-refractivity contribution is -0.122. The first-order chi connectivity index (χ1) is 7.95. The zero-order chi connectivity index (χ0) is 13.0. The number of nitrogens with one attached hydrogen (secondary N) is 2. The van der Waals surface area contributed by atoms with Crippen LogP contribution < -0.4 is 16.6 Å². The van der Waals surface area contributed by atoms with Crippen molar-refractivity contribution in [3.8, 4) is 0 Å². The van der Waals surface area contributed by atoms with Gasteiger partial charge in [-0.1, -0.05) is 12.1 Å². The van der Waals surface area contributed by atoms with Gasteiger partial charge in [0.2, 0.25) is 5.91 Å². The van der Waals surface area contributed by atoms with Crippen molar-refractivity contribution in [1.82, 2.24) is 10.9 Å². The Bertz CT molecular complexity index is 415. The van der Waals surface area contributed by atoms with E-state index in [4.69, 9.17) is 5.73 Å². The number of hydrazine groups is 1. The van der Waals surface area contributed by atoms with Crippen LogP contribution in [0.25, 0.3) is 0 Å². The number of aryl methyl sites for hydroxylation is 3. The molecule has 1 atom stereocenters. The van der Waals surface area contributed by atoms with Crippen molar-refractivity contribution < 1.29 is 4.79 Å². The Morgan fingerprint density at radius 3 is 2.41 bits per heavy atom. The van der Waals surface area contributed by atoms with E-state index in [0.29, 0.717) is 0 Å². The first-order valence-corrected chi connectivity index (χ1v) is 5.74. The second kappa shape index (κ2) is 5.80. The molecule has 0 aliphatic heterocycles. The van der Waals surface area contributed by atoms with Crippen LogP contribution in [0.5, 0.6) is 0 Å². The topological polar surface area (TPSA) is 67.1 Å². The molecule has 1 unspecified atom stereocenters. The molecule has 1 amide bonds. The highest BCUT2D eigenvalue weighted by molar-refractivity contribution is 5.76. The first-order valence-electron chi connectivity index (χ1n) is 5.74. The fraction of sp³-hybridized carbons (Fsp3) is 0.462. The molecule has 1 rings (SSSR count). The van der Waals surface area contributed by atoms with Crippen molar-refractivity contribution in [2.75, 3.05) is 7.05 Å². The highest BCUT2D eigenvalue weighted by Gasteiger charge is 2.14. The summed E-state index contributed by atoms with van der Waals surface area (Å²) in [6, 6.07) is 3.92. The highest BCUT2D eigenvalue weighted by atomic mass is 16.2. The van der Waals surface area contributed by atoms with Gasteiger partial charge in [-0.05, 0) is 43.0 Å². The van der Waals surface area contributed by atoms with Gasteiger partial charge in [0.05, 0.1) is 0 Å². The molecule has 0 bridgehead atoms. The third-order valence-electron chi connectivity index (χ3n) is 2.95. The van der Waals surface area contributed by atoms with E-state index in [2.05, 4.69) is 36.8 Å². The number of carbonyl (C=O) groups is 1. The molecule has 0 saturated carbocycles. The largest absolute Gasteiger partial charge is 0.324 e. The van der Waals surface area contributed by atoms with Gasteiger partial charge < -0.3 is 5.73 Å². The molecule has 0 aliphatic carbocycles. The molecule has 17 heavy (non-hydrogen) atoms. The molecule has 4 nitrogen and oxygen atoms in total. The average Bonchev–Trinajstić information content (AvgIpc) is 2.23. The van der Waals surface area contributed by atoms with Crippen molar-refractivity contribution in [2.45, 2.75) is 33.2 Å². The van der Waals surface area contributed by atoms with E-state index in [-0.39, 0.29) is 18.4 Å². The summed E-state index contributed by atoms with van der Waals surface area (Å²) in [7, 11) is 1.66. The number of hydrogen-bond donors (Lipinski definition) is 3. The van der Waals surface area contributed by atoms with Gasteiger partial charge in [-0.3, -0.25) is 10.2 Å². The number of nitrogens with two attached hydrogens (primary N) is 1. The van der Waals surface area contributed by atoms with Gasteiger partial charge in [-0.2, -0.15) is 0 Å². The Morgan fingerprint density at radius 1 is 1.24 bits per heavy atom. The molecule has 0 aliphatic rings. The second-order valence-corrected chi connectivity index (χ2v) is 4.40. The Morgan fingerprint density at radius 2 is 1.82 bits per heavy atom. The minimum Gasteiger partial charge on any atom is -0.324 e. The van der Waals surface area contributed by atoms with Gasteiger partial charge in [-0.15, -0.1) is 0 Å². The third-order valence-corrected chi connectivity index (χ3v) is 2.95. The minimum atomic E-state index is -0.261. The summed E-state index contributed by atoms with van der Waals surface area (Å²) in [5, 5.41) is 0. The molecular weight excluding hydrogens is 214 g/mol. The molecule has 0 fully saturated rings. The second-order valence-electron chi connectivity index (χ2n) is 4.40. The Balaban J connectivity index is 2.85. The fourth-order valence-corrected chi connectivity index (χ4v) is 1.88. The summed E-state index contributed by atoms with van der Waals surface area (Å²) in [5.74, 6) is -0.0994. The third kappa shape index (κ3) is 3.54. The van der Waals surface area contributed by atoms with Crippen molar-refractivity contribution in [2.24, 2.45) is 5.73 Å². The van der Waals surface area contributed by atoms with Crippen LogP contribution in [0.15, 0.2) is 12.1 Å². The zero-order valence-corrected chi connectivity index (χ0v) is 10.9. The van der Waals surface area contributed by atoms with Crippen LogP contribution in [-0.2, 0) is 4.79 Å². The van der Waals surface area contributed by atoms with Crippen molar-refractivity contribution >= 4 is 5.91 Å². The van der Waals surface area contributed by atoms with Gasteiger partial charge >= 0.3 is 0 Å². The smallest absolute Gasteiger partial charge is 0.235 e. The van der Waals surface area contributed by atoms with Crippen LogP contribution in [0, 0.1) is 20.8 Å². The average molecular weight is 235 g/mol. The van der Waals surface area contributed by atoms with E-state index in [0.717, 1.165) is 11.1 Å². The van der Waals surface area contributed by atoms with Crippen LogP contribution in [0.4, 0.5) is 0 Å². The van der Waals surface area contributed by atoms with E-state index in [1.54, 1.807) is 7.05 Å². The molecule has 94 valence electrons. The van der Waals surface area contributed by atoms with Crippen LogP contribution in [-0.4, -0.2) is 13.0 Å². The fourth-order valence-electron chi connectivity index (χ4n) is 1.88. The number of rotatable bonds is 4. The Kier molecular flexibility index (Phi) is 4.66. The van der Waals surface area contributed by atoms with E-state index in [1.165, 1.54) is 11.1 Å². The lowest BCUT2D eigenvalue weighted by atomic mass is 9.94. The summed E-state index contributed by atoms with van der Waals surface area (Å²) in [6.07, 6.45) is 0.282. The van der Waals surface area contributed by atoms with E-state index < -0.39 is 0 Å². The molecule has 0 radical (unpaired) electrons. The van der Waals surface area contributed by atoms with Crippen molar-refractivity contribution in [1.29, 1.82) is 0 Å². The van der Waals surface area contributed by atoms with Crippen LogP contribution in [0.1, 0.15) is 34.7 Å². The molecule has 4 heteroatoms. The predicted octanol–water partition coefficient (Wildman–Crippen LogP) is 1.25. The highest BCUT2D eigenvalue weighted by Crippen LogP contribution is 2.22. The van der Waals surface area contributed by atoms with E-state index in [1.807, 2.05) is 6.92 Å². The molecular formula is C13H21N3O. The lowest BCUT2D eigenvalue weighted by Gasteiger charge is -2.16. The molecule has 0 saturated heterocycles. The van der Waals surface area contributed by atoms with Gasteiger partial charge in [0.1, 0.15) is 0 Å². The van der Waals surface area contributed by atoms with Gasteiger partial charge in [-0.25, -0.2) is 5.43 Å². The molecule has 0 spiro atoms. The summed E-state index contributed by atoms with van der Waals surface area (Å²) < 4.78 is 0. The molecule has 1 aromatic rings. The van der Waals surface area contributed by atoms with Gasteiger partial charge in [0, 0.05) is 19.5 Å². The van der Waals surface area contributed by atoms with Crippen molar-refractivity contribution in [3.63, 3.8) is 0 Å². The van der Waals surface area contributed by atoms with Crippen LogP contribution in [0.3, 0.4) is 0 Å². The molecule has 0 aromatic heterocycles. The zero-order valence-electron chi connectivity index (χ0n) is 10.9. The maximum Gasteiger partial charge on any atom is 0.235 e. The number of amides is 1. The normalized spacial score (nSPS) is 12.3. The number of carbonyl (C=O) groups excluding carboxylic acids is 1. The SMILES string of the molecule is CNNC(=O)CC(N)c1cc(C)c(C)cc1C. The van der Waals surface area contributed by atoms with Gasteiger partial charge in [0.25, 0.3) is 0 Å². The molecule has 4 N–H and O–H groups in total. The summed E-state index contributed by atoms with van der Waals surface area (Å²) >= 11 is 0. The number of hydrogen-bond acceptors (Lipinski definition) is 3. The maximum absolute atomic E-state index is 11.4. The van der Waals surface area contributed by atoms with Gasteiger partial charge in [0.15, 0.2) is 0 Å². The Hall–Kier alpha value is -1.39. The summed E-state index contributed by atoms with van der Waals surface area (Å²) in [5.41, 5.74) is 15.8. The maximum atomic E-state index is 11.4.